The highest BCUT2D eigenvalue weighted by Crippen LogP contribution is 2.39. The highest BCUT2D eigenvalue weighted by atomic mass is 19.5. The van der Waals surface area contributed by atoms with Gasteiger partial charge in [0.25, 0.3) is 5.65 Å². The molecule has 0 bridgehead atoms. The Morgan fingerprint density at radius 2 is 1.20 bits per heavy atom. The van der Waals surface area contributed by atoms with Crippen LogP contribution in [0.4, 0.5) is 17.3 Å². The molecule has 3 heterocycles. The number of pyridine rings is 1. The number of fused-ring (bicyclic) bond motifs is 5. The second-order valence-corrected chi connectivity index (χ2v) is 8.21. The number of para-hydroxylation sites is 1. The molecule has 0 unspecified atom stereocenters. The zero-order valence-electron chi connectivity index (χ0n) is 18.9. The van der Waals surface area contributed by atoms with Gasteiger partial charge < -0.3 is 17.3 Å². The largest absolute Gasteiger partial charge is 0.673 e. The van der Waals surface area contributed by atoms with E-state index >= 15 is 0 Å². The van der Waals surface area contributed by atoms with Gasteiger partial charge in [0.05, 0.1) is 11.8 Å². The van der Waals surface area contributed by atoms with Gasteiger partial charge in [0, 0.05) is 22.6 Å². The maximum atomic E-state index is 9.75. The van der Waals surface area contributed by atoms with E-state index in [1.165, 1.54) is 44.4 Å². The Morgan fingerprint density at radius 3 is 1.86 bits per heavy atom. The lowest BCUT2D eigenvalue weighted by Crippen LogP contribution is -2.28. The Bertz CT molecular complexity index is 1640. The van der Waals surface area contributed by atoms with Crippen LogP contribution < -0.4 is 4.40 Å². The fraction of sp³-hybridized carbons (Fsp3) is 0.0357. The number of rotatable bonds is 2. The predicted octanol–water partition coefficient (Wildman–Crippen LogP) is 7.77. The second kappa shape index (κ2) is 8.91. The van der Waals surface area contributed by atoms with E-state index < -0.39 is 7.25 Å². The van der Waals surface area contributed by atoms with Gasteiger partial charge in [0.1, 0.15) is 11.0 Å². The van der Waals surface area contributed by atoms with Gasteiger partial charge in [-0.1, -0.05) is 84.9 Å². The highest BCUT2D eigenvalue weighted by molar-refractivity contribution is 6.50. The van der Waals surface area contributed by atoms with Crippen molar-refractivity contribution in [2.45, 2.75) is 6.92 Å². The number of nitrogens with zero attached hydrogens (tertiary/aromatic N) is 2. The van der Waals surface area contributed by atoms with Crippen molar-refractivity contribution in [3.05, 3.63) is 115 Å². The van der Waals surface area contributed by atoms with Crippen LogP contribution in [0.5, 0.6) is 0 Å². The third-order valence-electron chi connectivity index (χ3n) is 6.02. The molecule has 0 aliphatic rings. The molecule has 174 valence electrons. The van der Waals surface area contributed by atoms with Crippen LogP contribution in [-0.4, -0.2) is 11.7 Å². The number of aromatic nitrogens is 2. The average Bonchev–Trinajstić information content (AvgIpc) is 3.16. The zero-order chi connectivity index (χ0) is 24.6. The van der Waals surface area contributed by atoms with E-state index in [2.05, 4.69) is 125 Å². The summed E-state index contributed by atoms with van der Waals surface area (Å²) in [5, 5.41) is 1.30. The van der Waals surface area contributed by atoms with E-state index in [4.69, 9.17) is 0 Å². The molecule has 0 N–H and O–H groups in total. The van der Waals surface area contributed by atoms with E-state index in [0.29, 0.717) is 0 Å². The molecule has 0 fully saturated rings. The molecule has 0 saturated heterocycles. The fourth-order valence-corrected chi connectivity index (χ4v) is 4.73. The molecule has 0 radical (unpaired) electrons. The van der Waals surface area contributed by atoms with Crippen molar-refractivity contribution < 1.29 is 21.7 Å². The van der Waals surface area contributed by atoms with Crippen LogP contribution in [0.2, 0.25) is 0 Å². The van der Waals surface area contributed by atoms with Gasteiger partial charge in [-0.15, -0.1) is 0 Å². The summed E-state index contributed by atoms with van der Waals surface area (Å²) in [6.45, 7) is 2.25. The van der Waals surface area contributed by atoms with Gasteiger partial charge in [0.2, 0.25) is 0 Å². The topological polar surface area (TPSA) is 8.51 Å². The van der Waals surface area contributed by atoms with Crippen molar-refractivity contribution in [1.82, 2.24) is 4.40 Å². The first kappa shape index (κ1) is 22.7. The first-order chi connectivity index (χ1) is 16.8. The second-order valence-electron chi connectivity index (χ2n) is 8.21. The molecule has 3 aromatic carbocycles. The molecule has 0 aliphatic heterocycles. The van der Waals surface area contributed by atoms with E-state index in [9.17, 15) is 17.3 Å². The molecule has 0 aliphatic carbocycles. The Labute approximate surface area is 199 Å². The van der Waals surface area contributed by atoms with Crippen molar-refractivity contribution in [3.63, 3.8) is 0 Å². The summed E-state index contributed by atoms with van der Waals surface area (Å²) in [6, 6.07) is 36.6. The van der Waals surface area contributed by atoms with Gasteiger partial charge in [-0.25, -0.2) is 0 Å². The molecule has 3 aromatic heterocycles. The molecular formula is C28H21BF4N2. The first-order valence-electron chi connectivity index (χ1n) is 11.2. The number of halogens is 4. The number of hydrogen-bond acceptors (Lipinski definition) is 0. The minimum Gasteiger partial charge on any atom is -0.418 e. The minimum absolute atomic E-state index is 1.16. The molecule has 6 aromatic rings. The summed E-state index contributed by atoms with van der Waals surface area (Å²) in [6.07, 6.45) is 2.17. The molecule has 35 heavy (non-hydrogen) atoms. The summed E-state index contributed by atoms with van der Waals surface area (Å²) < 4.78 is 43.7. The van der Waals surface area contributed by atoms with Crippen molar-refractivity contribution in [3.8, 4) is 22.4 Å². The molecular weight excluding hydrogens is 451 g/mol. The lowest BCUT2D eigenvalue weighted by atomic mass is 9.96. The van der Waals surface area contributed by atoms with Crippen molar-refractivity contribution >= 4 is 29.3 Å². The monoisotopic (exact) mass is 472 g/mol. The lowest BCUT2D eigenvalue weighted by Gasteiger charge is -2.13. The van der Waals surface area contributed by atoms with Crippen molar-refractivity contribution in [1.29, 1.82) is 0 Å². The minimum atomic E-state index is -6.00. The maximum Gasteiger partial charge on any atom is 0.673 e. The molecule has 0 atom stereocenters. The smallest absolute Gasteiger partial charge is 0.418 e. The number of aryl methyl sites for hydroxylation is 1. The van der Waals surface area contributed by atoms with Gasteiger partial charge in [0.15, 0.2) is 5.69 Å². The van der Waals surface area contributed by atoms with Crippen LogP contribution in [0.25, 0.3) is 44.5 Å². The Morgan fingerprint density at radius 1 is 0.657 bits per heavy atom. The van der Waals surface area contributed by atoms with E-state index in [0.717, 1.165) is 5.65 Å². The zero-order valence-corrected chi connectivity index (χ0v) is 18.9. The SMILES string of the molecule is Cc1c2ccccc2n2c1c(-c1ccccc1)c(-c1ccccc1)[n+]1ccccc21.F[B-](F)(F)F. The fourth-order valence-electron chi connectivity index (χ4n) is 4.73. The van der Waals surface area contributed by atoms with Crippen LogP contribution in [-0.2, 0) is 0 Å². The molecule has 0 amide bonds. The van der Waals surface area contributed by atoms with Gasteiger partial charge >= 0.3 is 7.25 Å². The Balaban J connectivity index is 0.000000464. The van der Waals surface area contributed by atoms with E-state index in [-0.39, 0.29) is 0 Å². The van der Waals surface area contributed by atoms with Crippen LogP contribution in [0, 0.1) is 6.92 Å². The lowest BCUT2D eigenvalue weighted by molar-refractivity contribution is -0.501. The predicted molar refractivity (Wildman–Crippen MR) is 134 cm³/mol. The third-order valence-corrected chi connectivity index (χ3v) is 6.02. The summed E-state index contributed by atoms with van der Waals surface area (Å²) in [5.41, 5.74) is 9.91. The van der Waals surface area contributed by atoms with E-state index in [1.54, 1.807) is 0 Å². The van der Waals surface area contributed by atoms with Crippen LogP contribution in [0.3, 0.4) is 0 Å². The maximum absolute atomic E-state index is 9.75. The Hall–Kier alpha value is -4.13. The summed E-state index contributed by atoms with van der Waals surface area (Å²) in [7, 11) is -6.00. The number of hydrogen-bond donors (Lipinski definition) is 0. The summed E-state index contributed by atoms with van der Waals surface area (Å²) in [5.74, 6) is 0. The first-order valence-corrected chi connectivity index (χ1v) is 11.2. The van der Waals surface area contributed by atoms with Crippen LogP contribution in [0.1, 0.15) is 5.56 Å². The van der Waals surface area contributed by atoms with Gasteiger partial charge in [-0.05, 0) is 24.6 Å². The standard InChI is InChI=1S/C28H21N2.BF4/c1-20-23-16-8-9-17-24(23)30-25-18-10-11-19-29(25)28(22-14-6-3-7-15-22)26(27(20)30)21-12-4-2-5-13-21;2-1(3,4)5/h2-19H,1H3;/q+1;-1. The third kappa shape index (κ3) is 4.25. The Kier molecular flexibility index (Phi) is 5.77. The van der Waals surface area contributed by atoms with Gasteiger partial charge in [-0.2, -0.15) is 8.80 Å². The number of benzene rings is 3. The normalized spacial score (nSPS) is 11.6. The summed E-state index contributed by atoms with van der Waals surface area (Å²) >= 11 is 0. The van der Waals surface area contributed by atoms with Gasteiger partial charge in [-0.3, -0.25) is 0 Å². The molecule has 6 rings (SSSR count). The van der Waals surface area contributed by atoms with Crippen LogP contribution >= 0.6 is 0 Å². The molecule has 7 heteroatoms. The van der Waals surface area contributed by atoms with Crippen molar-refractivity contribution in [2.75, 3.05) is 0 Å². The molecule has 0 saturated carbocycles. The summed E-state index contributed by atoms with van der Waals surface area (Å²) in [4.78, 5) is 0. The highest BCUT2D eigenvalue weighted by Gasteiger charge is 2.27. The molecule has 2 nitrogen and oxygen atoms in total. The van der Waals surface area contributed by atoms with Crippen LogP contribution in [0.15, 0.2) is 109 Å². The average molecular weight is 472 g/mol. The van der Waals surface area contributed by atoms with E-state index in [1.807, 2.05) is 0 Å². The quantitative estimate of drug-likeness (QED) is 0.138. The molecule has 0 spiro atoms. The van der Waals surface area contributed by atoms with Crippen molar-refractivity contribution in [2.24, 2.45) is 0 Å².